The number of amides is 2. The summed E-state index contributed by atoms with van der Waals surface area (Å²) in [5.74, 6) is -0.751. The lowest BCUT2D eigenvalue weighted by Crippen LogP contribution is -2.48. The van der Waals surface area contributed by atoms with Crippen LogP contribution in [0.2, 0.25) is 0 Å². The summed E-state index contributed by atoms with van der Waals surface area (Å²) in [5, 5.41) is 6.65. The van der Waals surface area contributed by atoms with E-state index in [-0.39, 0.29) is 11.5 Å². The van der Waals surface area contributed by atoms with Gasteiger partial charge in [0.2, 0.25) is 0 Å². The zero-order valence-electron chi connectivity index (χ0n) is 16.3. The number of hydrogen-bond donors (Lipinski definition) is 2. The van der Waals surface area contributed by atoms with Gasteiger partial charge in [0.05, 0.1) is 13.3 Å². The molecule has 0 aliphatic carbocycles. The van der Waals surface area contributed by atoms with Gasteiger partial charge in [-0.1, -0.05) is 13.8 Å². The number of rotatable bonds is 7. The first kappa shape index (κ1) is 21.1. The van der Waals surface area contributed by atoms with Crippen molar-refractivity contribution in [3.05, 3.63) is 65.0 Å². The van der Waals surface area contributed by atoms with Crippen LogP contribution in [-0.2, 0) is 4.79 Å². The maximum absolute atomic E-state index is 13.0. The van der Waals surface area contributed by atoms with E-state index in [1.807, 2.05) is 32.9 Å². The summed E-state index contributed by atoms with van der Waals surface area (Å²) in [7, 11) is 1.59. The first-order chi connectivity index (χ1) is 13.3. The monoisotopic (exact) mass is 385 g/mol. The fourth-order valence-corrected chi connectivity index (χ4v) is 2.52. The predicted molar refractivity (Wildman–Crippen MR) is 106 cm³/mol. The standard InChI is InChI=1S/C21H24FN3O3/c1-13(2)19(24-20(26)15-5-8-17(22)9-6-15)21(27)25-23-12-16-7-10-18(28-4)11-14(16)3/h5-13,19H,1-4H3,(H,24,26)(H,25,27)/b23-12+. The van der Waals surface area contributed by atoms with Crippen LogP contribution < -0.4 is 15.5 Å². The summed E-state index contributed by atoms with van der Waals surface area (Å²) in [4.78, 5) is 24.8. The molecule has 0 saturated carbocycles. The van der Waals surface area contributed by atoms with E-state index < -0.39 is 23.7 Å². The fourth-order valence-electron chi connectivity index (χ4n) is 2.52. The zero-order valence-corrected chi connectivity index (χ0v) is 16.3. The second-order valence-corrected chi connectivity index (χ2v) is 6.66. The molecule has 0 spiro atoms. The zero-order chi connectivity index (χ0) is 20.7. The second-order valence-electron chi connectivity index (χ2n) is 6.66. The van der Waals surface area contributed by atoms with Crippen LogP contribution in [0.1, 0.15) is 35.3 Å². The van der Waals surface area contributed by atoms with Gasteiger partial charge in [-0.2, -0.15) is 5.10 Å². The number of benzene rings is 2. The Morgan fingerprint density at radius 3 is 2.39 bits per heavy atom. The highest BCUT2D eigenvalue weighted by Gasteiger charge is 2.24. The number of aryl methyl sites for hydroxylation is 1. The summed E-state index contributed by atoms with van der Waals surface area (Å²) < 4.78 is 18.2. The van der Waals surface area contributed by atoms with Crippen molar-refractivity contribution in [2.24, 2.45) is 11.0 Å². The minimum Gasteiger partial charge on any atom is -0.497 e. The highest BCUT2D eigenvalue weighted by molar-refractivity contribution is 5.97. The molecule has 0 heterocycles. The Balaban J connectivity index is 2.02. The van der Waals surface area contributed by atoms with Crippen molar-refractivity contribution in [3.63, 3.8) is 0 Å². The van der Waals surface area contributed by atoms with Crippen LogP contribution in [0.4, 0.5) is 4.39 Å². The van der Waals surface area contributed by atoms with Crippen molar-refractivity contribution in [2.45, 2.75) is 26.8 Å². The molecule has 0 bridgehead atoms. The number of carbonyl (C=O) groups is 2. The molecule has 2 amide bonds. The molecule has 28 heavy (non-hydrogen) atoms. The molecule has 0 aromatic heterocycles. The van der Waals surface area contributed by atoms with E-state index in [1.54, 1.807) is 13.2 Å². The van der Waals surface area contributed by atoms with Gasteiger partial charge in [-0.25, -0.2) is 9.82 Å². The maximum atomic E-state index is 13.0. The number of methoxy groups -OCH3 is 1. The Labute approximate surface area is 163 Å². The minimum absolute atomic E-state index is 0.165. The molecule has 1 unspecified atom stereocenters. The van der Waals surface area contributed by atoms with Crippen LogP contribution in [-0.4, -0.2) is 31.2 Å². The normalized spacial score (nSPS) is 12.1. The third kappa shape index (κ3) is 5.64. The molecule has 2 aromatic rings. The lowest BCUT2D eigenvalue weighted by atomic mass is 10.0. The van der Waals surface area contributed by atoms with Gasteiger partial charge in [-0.3, -0.25) is 9.59 Å². The Morgan fingerprint density at radius 2 is 1.82 bits per heavy atom. The highest BCUT2D eigenvalue weighted by Crippen LogP contribution is 2.15. The molecule has 0 aliphatic heterocycles. The molecule has 2 N–H and O–H groups in total. The van der Waals surface area contributed by atoms with Gasteiger partial charge in [-0.15, -0.1) is 0 Å². The molecule has 0 fully saturated rings. The van der Waals surface area contributed by atoms with E-state index in [2.05, 4.69) is 15.8 Å². The average Bonchev–Trinajstić information content (AvgIpc) is 2.67. The van der Waals surface area contributed by atoms with E-state index >= 15 is 0 Å². The Bertz CT molecular complexity index is 864. The maximum Gasteiger partial charge on any atom is 0.262 e. The van der Waals surface area contributed by atoms with Crippen LogP contribution in [0.25, 0.3) is 0 Å². The third-order valence-electron chi connectivity index (χ3n) is 4.20. The van der Waals surface area contributed by atoms with Gasteiger partial charge >= 0.3 is 0 Å². The minimum atomic E-state index is -0.785. The molecule has 6 nitrogen and oxygen atoms in total. The van der Waals surface area contributed by atoms with Crippen LogP contribution >= 0.6 is 0 Å². The van der Waals surface area contributed by atoms with Crippen LogP contribution in [0.5, 0.6) is 5.75 Å². The van der Waals surface area contributed by atoms with Crippen molar-refractivity contribution in [1.29, 1.82) is 0 Å². The van der Waals surface area contributed by atoms with Crippen molar-refractivity contribution in [1.82, 2.24) is 10.7 Å². The third-order valence-corrected chi connectivity index (χ3v) is 4.20. The van der Waals surface area contributed by atoms with Gasteiger partial charge < -0.3 is 10.1 Å². The molecule has 0 radical (unpaired) electrons. The molecule has 0 saturated heterocycles. The van der Waals surface area contributed by atoms with Gasteiger partial charge in [0.1, 0.15) is 17.6 Å². The first-order valence-corrected chi connectivity index (χ1v) is 8.85. The quantitative estimate of drug-likeness (QED) is 0.568. The molecule has 2 aromatic carbocycles. The molecular formula is C21H24FN3O3. The summed E-state index contributed by atoms with van der Waals surface area (Å²) in [6.45, 7) is 5.53. The lowest BCUT2D eigenvalue weighted by Gasteiger charge is -2.20. The van der Waals surface area contributed by atoms with E-state index in [4.69, 9.17) is 4.74 Å². The number of hydrazone groups is 1. The summed E-state index contributed by atoms with van der Waals surface area (Å²) in [6.07, 6.45) is 1.53. The number of carbonyl (C=O) groups excluding carboxylic acids is 2. The van der Waals surface area contributed by atoms with Crippen LogP contribution in [0.15, 0.2) is 47.6 Å². The number of halogens is 1. The molecule has 148 valence electrons. The fraction of sp³-hybridized carbons (Fsp3) is 0.286. The number of hydrogen-bond acceptors (Lipinski definition) is 4. The topological polar surface area (TPSA) is 79.8 Å². The highest BCUT2D eigenvalue weighted by atomic mass is 19.1. The van der Waals surface area contributed by atoms with Gasteiger partial charge in [0.25, 0.3) is 11.8 Å². The lowest BCUT2D eigenvalue weighted by molar-refractivity contribution is -0.123. The van der Waals surface area contributed by atoms with Crippen molar-refractivity contribution in [2.75, 3.05) is 7.11 Å². The van der Waals surface area contributed by atoms with E-state index in [9.17, 15) is 14.0 Å². The summed E-state index contributed by atoms with van der Waals surface area (Å²) in [6, 6.07) is 9.84. The molecule has 2 rings (SSSR count). The molecular weight excluding hydrogens is 361 g/mol. The molecule has 7 heteroatoms. The van der Waals surface area contributed by atoms with E-state index in [0.717, 1.165) is 16.9 Å². The Morgan fingerprint density at radius 1 is 1.14 bits per heavy atom. The smallest absolute Gasteiger partial charge is 0.262 e. The molecule has 0 aliphatic rings. The van der Waals surface area contributed by atoms with Gasteiger partial charge in [0, 0.05) is 5.56 Å². The largest absolute Gasteiger partial charge is 0.497 e. The van der Waals surface area contributed by atoms with Gasteiger partial charge in [-0.05, 0) is 66.4 Å². The SMILES string of the molecule is COc1ccc(/C=N/NC(=O)C(NC(=O)c2ccc(F)cc2)C(C)C)c(C)c1. The predicted octanol–water partition coefficient (Wildman–Crippen LogP) is 3.05. The second kappa shape index (κ2) is 9.64. The number of ether oxygens (including phenoxy) is 1. The van der Waals surface area contributed by atoms with Crippen molar-refractivity contribution in [3.8, 4) is 5.75 Å². The van der Waals surface area contributed by atoms with Gasteiger partial charge in [0.15, 0.2) is 0 Å². The van der Waals surface area contributed by atoms with E-state index in [1.165, 1.54) is 30.5 Å². The molecule has 1 atom stereocenters. The summed E-state index contributed by atoms with van der Waals surface area (Å²) >= 11 is 0. The van der Waals surface area contributed by atoms with Crippen LogP contribution in [0.3, 0.4) is 0 Å². The van der Waals surface area contributed by atoms with Crippen LogP contribution in [0, 0.1) is 18.7 Å². The number of nitrogens with one attached hydrogen (secondary N) is 2. The van der Waals surface area contributed by atoms with E-state index in [0.29, 0.717) is 0 Å². The first-order valence-electron chi connectivity index (χ1n) is 8.85. The van der Waals surface area contributed by atoms with Crippen molar-refractivity contribution < 1.29 is 18.7 Å². The summed E-state index contributed by atoms with van der Waals surface area (Å²) in [5.41, 5.74) is 4.51. The number of nitrogens with zero attached hydrogens (tertiary/aromatic N) is 1. The Hall–Kier alpha value is -3.22. The van der Waals surface area contributed by atoms with Crippen molar-refractivity contribution >= 4 is 18.0 Å². The Kier molecular flexibility index (Phi) is 7.26. The average molecular weight is 385 g/mol.